The Labute approximate surface area is 186 Å². The normalized spacial score (nSPS) is 14.0. The van der Waals surface area contributed by atoms with Gasteiger partial charge in [0.15, 0.2) is 0 Å². The Hall–Kier alpha value is -3.10. The van der Waals surface area contributed by atoms with Crippen molar-refractivity contribution in [2.45, 2.75) is 13.8 Å². The van der Waals surface area contributed by atoms with Gasteiger partial charge >= 0.3 is 0 Å². The van der Waals surface area contributed by atoms with Gasteiger partial charge in [0.2, 0.25) is 0 Å². The summed E-state index contributed by atoms with van der Waals surface area (Å²) in [5.41, 5.74) is 2.53. The highest BCUT2D eigenvalue weighted by Gasteiger charge is 2.43. The molecule has 2 aromatic rings. The molecule has 32 heavy (non-hydrogen) atoms. The zero-order chi connectivity index (χ0) is 23.4. The first kappa shape index (κ1) is 23.6. The molecule has 170 valence electrons. The fourth-order valence-electron chi connectivity index (χ4n) is 3.59. The van der Waals surface area contributed by atoms with Gasteiger partial charge in [-0.25, -0.2) is 13.7 Å². The number of hydrogen-bond acceptors (Lipinski definition) is 5. The third-order valence-electron chi connectivity index (χ3n) is 5.45. The molecule has 0 N–H and O–H groups in total. The van der Waals surface area contributed by atoms with Gasteiger partial charge in [-0.15, -0.1) is 0 Å². The van der Waals surface area contributed by atoms with E-state index >= 15 is 0 Å². The molecule has 0 spiro atoms. The number of ether oxygens (including phenoxy) is 2. The highest BCUT2D eigenvalue weighted by molar-refractivity contribution is 6.45. The van der Waals surface area contributed by atoms with E-state index < -0.39 is 23.4 Å². The summed E-state index contributed by atoms with van der Waals surface area (Å²) in [6, 6.07) is 8.21. The molecular formula is C24H26F2N2O4. The lowest BCUT2D eigenvalue weighted by molar-refractivity contribution is -0.120. The van der Waals surface area contributed by atoms with E-state index in [1.165, 1.54) is 14.2 Å². The quantitative estimate of drug-likeness (QED) is 0.555. The first-order valence-electron chi connectivity index (χ1n) is 10.2. The van der Waals surface area contributed by atoms with E-state index in [-0.39, 0.29) is 17.0 Å². The molecule has 0 radical (unpaired) electrons. The molecule has 0 saturated carbocycles. The Bertz CT molecular complexity index is 1060. The molecular weight excluding hydrogens is 418 g/mol. The summed E-state index contributed by atoms with van der Waals surface area (Å²) in [6.45, 7) is 5.11. The van der Waals surface area contributed by atoms with Crippen molar-refractivity contribution in [1.82, 2.24) is 4.90 Å². The van der Waals surface area contributed by atoms with Crippen LogP contribution >= 0.6 is 0 Å². The van der Waals surface area contributed by atoms with Gasteiger partial charge < -0.3 is 14.4 Å². The second-order valence-corrected chi connectivity index (χ2v) is 7.54. The topological polar surface area (TPSA) is 59.1 Å². The summed E-state index contributed by atoms with van der Waals surface area (Å²) in [4.78, 5) is 29.5. The van der Waals surface area contributed by atoms with Crippen molar-refractivity contribution in [1.29, 1.82) is 0 Å². The Morgan fingerprint density at radius 2 is 1.53 bits per heavy atom. The molecule has 3 rings (SSSR count). The lowest BCUT2D eigenvalue weighted by Crippen LogP contribution is -2.38. The smallest absolute Gasteiger partial charge is 0.282 e. The minimum absolute atomic E-state index is 0.135. The van der Waals surface area contributed by atoms with E-state index in [0.717, 1.165) is 28.2 Å². The summed E-state index contributed by atoms with van der Waals surface area (Å²) in [6.07, 6.45) is 0. The zero-order valence-electron chi connectivity index (χ0n) is 18.6. The van der Waals surface area contributed by atoms with E-state index in [4.69, 9.17) is 9.47 Å². The van der Waals surface area contributed by atoms with Gasteiger partial charge in [-0.3, -0.25) is 9.59 Å². The first-order chi connectivity index (χ1) is 15.3. The molecule has 1 aliphatic heterocycles. The number of imide groups is 1. The third kappa shape index (κ3) is 4.56. The minimum Gasteiger partial charge on any atom is -0.383 e. The number of anilines is 1. The van der Waals surface area contributed by atoms with E-state index in [1.807, 2.05) is 26.0 Å². The third-order valence-corrected chi connectivity index (χ3v) is 5.45. The maximum absolute atomic E-state index is 14.6. The van der Waals surface area contributed by atoms with Crippen LogP contribution in [0.15, 0.2) is 42.1 Å². The maximum atomic E-state index is 14.6. The van der Waals surface area contributed by atoms with Crippen LogP contribution in [0.4, 0.5) is 14.5 Å². The van der Waals surface area contributed by atoms with E-state index in [9.17, 15) is 18.4 Å². The molecule has 2 aromatic carbocycles. The molecule has 6 nitrogen and oxygen atoms in total. The minimum atomic E-state index is -0.993. The van der Waals surface area contributed by atoms with E-state index in [2.05, 4.69) is 0 Å². The highest BCUT2D eigenvalue weighted by Crippen LogP contribution is 2.36. The summed E-state index contributed by atoms with van der Waals surface area (Å²) in [5.74, 6) is -3.14. The Kier molecular flexibility index (Phi) is 7.37. The van der Waals surface area contributed by atoms with E-state index in [0.29, 0.717) is 37.9 Å². The van der Waals surface area contributed by atoms with Crippen molar-refractivity contribution in [3.63, 3.8) is 0 Å². The van der Waals surface area contributed by atoms with Crippen LogP contribution in [0.3, 0.4) is 0 Å². The number of carbonyl (C=O) groups is 2. The molecule has 1 aliphatic rings. The van der Waals surface area contributed by atoms with Crippen molar-refractivity contribution in [2.24, 2.45) is 0 Å². The lowest BCUT2D eigenvalue weighted by atomic mass is 9.99. The van der Waals surface area contributed by atoms with Crippen LogP contribution in [-0.2, 0) is 19.1 Å². The molecule has 0 aromatic heterocycles. The number of hydrogen-bond donors (Lipinski definition) is 0. The van der Waals surface area contributed by atoms with Gasteiger partial charge in [-0.1, -0.05) is 18.2 Å². The summed E-state index contributed by atoms with van der Waals surface area (Å²) in [7, 11) is 3.07. The van der Waals surface area contributed by atoms with Crippen LogP contribution in [0.25, 0.3) is 5.57 Å². The van der Waals surface area contributed by atoms with Crippen LogP contribution in [-0.4, -0.2) is 57.2 Å². The SMILES string of the molecule is COCCN(CCOC)C1=C(c2ccc(C)c(C)c2)C(=O)N(c2ccc(F)cc2F)C1=O. The van der Waals surface area contributed by atoms with Gasteiger partial charge in [0.1, 0.15) is 17.3 Å². The predicted octanol–water partition coefficient (Wildman–Crippen LogP) is 3.46. The number of halogens is 2. The van der Waals surface area contributed by atoms with Crippen LogP contribution in [0.1, 0.15) is 16.7 Å². The number of carbonyl (C=O) groups excluding carboxylic acids is 2. The van der Waals surface area contributed by atoms with Crippen LogP contribution < -0.4 is 4.90 Å². The average Bonchev–Trinajstić information content (AvgIpc) is 3.01. The maximum Gasteiger partial charge on any atom is 0.282 e. The molecule has 2 amide bonds. The van der Waals surface area contributed by atoms with Gasteiger partial charge in [0, 0.05) is 33.4 Å². The van der Waals surface area contributed by atoms with Crippen molar-refractivity contribution in [3.05, 3.63) is 70.4 Å². The predicted molar refractivity (Wildman–Crippen MR) is 117 cm³/mol. The van der Waals surface area contributed by atoms with Gasteiger partial charge in [0.05, 0.1) is 24.5 Å². The fraction of sp³-hybridized carbons (Fsp3) is 0.333. The molecule has 0 unspecified atom stereocenters. The Balaban J connectivity index is 2.18. The van der Waals surface area contributed by atoms with Crippen LogP contribution in [0, 0.1) is 25.5 Å². The molecule has 0 bridgehead atoms. The number of benzene rings is 2. The summed E-state index contributed by atoms with van der Waals surface area (Å²) < 4.78 is 38.4. The monoisotopic (exact) mass is 444 g/mol. The van der Waals surface area contributed by atoms with E-state index in [1.54, 1.807) is 11.0 Å². The number of nitrogens with zero attached hydrogens (tertiary/aromatic N) is 2. The van der Waals surface area contributed by atoms with Crippen LogP contribution in [0.5, 0.6) is 0 Å². The van der Waals surface area contributed by atoms with Gasteiger partial charge in [0.25, 0.3) is 11.8 Å². The Morgan fingerprint density at radius 1 is 0.875 bits per heavy atom. The summed E-state index contributed by atoms with van der Waals surface area (Å²) in [5, 5.41) is 0. The zero-order valence-corrected chi connectivity index (χ0v) is 18.6. The second-order valence-electron chi connectivity index (χ2n) is 7.54. The Morgan fingerprint density at radius 3 is 2.09 bits per heavy atom. The summed E-state index contributed by atoms with van der Waals surface area (Å²) >= 11 is 0. The molecule has 1 heterocycles. The standard InChI is InChI=1S/C24H26F2N2O4/c1-15-5-6-17(13-16(15)2)21-22(27(9-11-31-3)10-12-32-4)24(30)28(23(21)29)20-8-7-18(25)14-19(20)26/h5-8,13-14H,9-12H2,1-4H3. The molecule has 0 atom stereocenters. The van der Waals surface area contributed by atoms with Crippen molar-refractivity contribution < 1.29 is 27.8 Å². The average molecular weight is 444 g/mol. The number of methoxy groups -OCH3 is 2. The molecule has 0 saturated heterocycles. The van der Waals surface area contributed by atoms with Crippen LogP contribution in [0.2, 0.25) is 0 Å². The molecule has 0 aliphatic carbocycles. The number of aryl methyl sites for hydroxylation is 2. The van der Waals surface area contributed by atoms with Crippen molar-refractivity contribution in [2.75, 3.05) is 45.4 Å². The van der Waals surface area contributed by atoms with Gasteiger partial charge in [-0.2, -0.15) is 0 Å². The number of rotatable bonds is 9. The first-order valence-corrected chi connectivity index (χ1v) is 10.2. The number of amides is 2. The molecule has 0 fully saturated rings. The highest BCUT2D eigenvalue weighted by atomic mass is 19.1. The fourth-order valence-corrected chi connectivity index (χ4v) is 3.59. The van der Waals surface area contributed by atoms with Gasteiger partial charge in [-0.05, 0) is 42.7 Å². The second kappa shape index (κ2) is 10.0. The van der Waals surface area contributed by atoms with Crippen molar-refractivity contribution in [3.8, 4) is 0 Å². The molecule has 8 heteroatoms. The largest absolute Gasteiger partial charge is 0.383 e. The van der Waals surface area contributed by atoms with Crippen molar-refractivity contribution >= 4 is 23.1 Å². The lowest BCUT2D eigenvalue weighted by Gasteiger charge is -2.25.